The summed E-state index contributed by atoms with van der Waals surface area (Å²) in [4.78, 5) is 12.7. The minimum absolute atomic E-state index is 0.971. The maximum absolute atomic E-state index is 4.28. The van der Waals surface area contributed by atoms with Crippen molar-refractivity contribution in [1.82, 2.24) is 9.97 Å². The van der Waals surface area contributed by atoms with E-state index < -0.39 is 0 Å². The van der Waals surface area contributed by atoms with E-state index in [1.54, 1.807) is 0 Å². The number of aryl methyl sites for hydroxylation is 3. The van der Waals surface area contributed by atoms with Crippen LogP contribution in [0.1, 0.15) is 37.4 Å². The van der Waals surface area contributed by atoms with Gasteiger partial charge in [-0.3, -0.25) is 15.0 Å². The van der Waals surface area contributed by atoms with Crippen molar-refractivity contribution in [2.24, 2.45) is 4.99 Å². The molecule has 0 spiro atoms. The van der Waals surface area contributed by atoms with E-state index in [1.165, 1.54) is 10.8 Å². The third kappa shape index (κ3) is 4.86. The van der Waals surface area contributed by atoms with E-state index in [4.69, 9.17) is 0 Å². The Hall–Kier alpha value is -0.900. The maximum atomic E-state index is 4.28. The van der Waals surface area contributed by atoms with Gasteiger partial charge in [-0.1, -0.05) is 13.8 Å². The standard InChI is InChI=1S/C8H12N2.C5H9NS/c1-4-8-7(3)10-6(2)5-9-8;1-2-5-6-3-4-7-5/h5H,4H2,1-3H3;2-4H2,1H3. The van der Waals surface area contributed by atoms with E-state index in [0.29, 0.717) is 0 Å². The zero-order valence-electron chi connectivity index (χ0n) is 11.2. The van der Waals surface area contributed by atoms with Crippen LogP contribution in [0.5, 0.6) is 0 Å². The zero-order valence-corrected chi connectivity index (χ0v) is 12.0. The topological polar surface area (TPSA) is 38.1 Å². The highest BCUT2D eigenvalue weighted by Crippen LogP contribution is 2.13. The van der Waals surface area contributed by atoms with Crippen LogP contribution in [0, 0.1) is 13.8 Å². The van der Waals surface area contributed by atoms with Gasteiger partial charge in [-0.05, 0) is 26.7 Å². The van der Waals surface area contributed by atoms with E-state index in [9.17, 15) is 0 Å². The Bertz CT molecular complexity index is 388. The van der Waals surface area contributed by atoms with Gasteiger partial charge in [0.2, 0.25) is 0 Å². The summed E-state index contributed by atoms with van der Waals surface area (Å²) in [6, 6.07) is 0. The number of hydrogen-bond acceptors (Lipinski definition) is 4. The minimum Gasteiger partial charge on any atom is -0.282 e. The Morgan fingerprint density at radius 2 is 2.00 bits per heavy atom. The molecule has 0 bridgehead atoms. The summed E-state index contributed by atoms with van der Waals surface area (Å²) >= 11 is 1.89. The molecule has 17 heavy (non-hydrogen) atoms. The molecule has 94 valence electrons. The van der Waals surface area contributed by atoms with Crippen molar-refractivity contribution in [3.8, 4) is 0 Å². The molecule has 0 atom stereocenters. The molecular formula is C13H21N3S. The first-order valence-electron chi connectivity index (χ1n) is 6.12. The first kappa shape index (κ1) is 14.2. The zero-order chi connectivity index (χ0) is 12.7. The first-order valence-corrected chi connectivity index (χ1v) is 7.11. The number of rotatable bonds is 2. The predicted molar refractivity (Wildman–Crippen MR) is 75.9 cm³/mol. The number of aliphatic imine (C=N–C) groups is 1. The van der Waals surface area contributed by atoms with E-state index in [-0.39, 0.29) is 0 Å². The molecule has 4 heteroatoms. The van der Waals surface area contributed by atoms with Gasteiger partial charge in [0.15, 0.2) is 0 Å². The number of hydrogen-bond donors (Lipinski definition) is 0. The Labute approximate surface area is 108 Å². The number of thioether (sulfide) groups is 1. The van der Waals surface area contributed by atoms with Crippen molar-refractivity contribution >= 4 is 16.8 Å². The lowest BCUT2D eigenvalue weighted by molar-refractivity contribution is 0.935. The van der Waals surface area contributed by atoms with Crippen LogP contribution >= 0.6 is 11.8 Å². The molecular weight excluding hydrogens is 230 g/mol. The second kappa shape index (κ2) is 7.43. The molecule has 1 aliphatic heterocycles. The summed E-state index contributed by atoms with van der Waals surface area (Å²) in [6.07, 6.45) is 3.91. The number of nitrogens with zero attached hydrogens (tertiary/aromatic N) is 3. The largest absolute Gasteiger partial charge is 0.282 e. The van der Waals surface area contributed by atoms with Gasteiger partial charge < -0.3 is 0 Å². The molecule has 0 aromatic carbocycles. The van der Waals surface area contributed by atoms with Crippen LogP contribution in [0.3, 0.4) is 0 Å². The molecule has 0 radical (unpaired) electrons. The van der Waals surface area contributed by atoms with Gasteiger partial charge in [0.1, 0.15) is 0 Å². The lowest BCUT2D eigenvalue weighted by Crippen LogP contribution is -1.96. The molecule has 2 rings (SSSR count). The smallest absolute Gasteiger partial charge is 0.0674 e. The van der Waals surface area contributed by atoms with Crippen LogP contribution in [0.2, 0.25) is 0 Å². The first-order chi connectivity index (χ1) is 8.17. The highest BCUT2D eigenvalue weighted by atomic mass is 32.2. The number of aromatic nitrogens is 2. The third-order valence-corrected chi connectivity index (χ3v) is 3.59. The summed E-state index contributed by atoms with van der Waals surface area (Å²) in [5.41, 5.74) is 3.16. The SMILES string of the molecule is CCC1=NCCS1.CCc1ncc(C)nc1C. The van der Waals surface area contributed by atoms with Gasteiger partial charge in [0.05, 0.1) is 22.1 Å². The van der Waals surface area contributed by atoms with Crippen LogP contribution in [-0.4, -0.2) is 27.3 Å². The van der Waals surface area contributed by atoms with Gasteiger partial charge in [-0.25, -0.2) is 0 Å². The molecule has 3 nitrogen and oxygen atoms in total. The molecule has 0 saturated carbocycles. The Kier molecular flexibility index (Phi) is 6.19. The van der Waals surface area contributed by atoms with Crippen molar-refractivity contribution in [3.05, 3.63) is 23.3 Å². The average Bonchev–Trinajstić information content (AvgIpc) is 2.83. The molecule has 0 saturated heterocycles. The molecule has 0 unspecified atom stereocenters. The van der Waals surface area contributed by atoms with Crippen LogP contribution in [-0.2, 0) is 6.42 Å². The highest BCUT2D eigenvalue weighted by molar-refractivity contribution is 8.14. The molecule has 0 amide bonds. The van der Waals surface area contributed by atoms with Crippen LogP contribution in [0.15, 0.2) is 11.2 Å². The summed E-state index contributed by atoms with van der Waals surface area (Å²) in [6.45, 7) is 9.25. The third-order valence-electron chi connectivity index (χ3n) is 2.45. The molecule has 1 aliphatic rings. The fraction of sp³-hybridized carbons (Fsp3) is 0.615. The van der Waals surface area contributed by atoms with Gasteiger partial charge >= 0.3 is 0 Å². The Morgan fingerprint density at radius 1 is 1.24 bits per heavy atom. The summed E-state index contributed by atoms with van der Waals surface area (Å²) in [7, 11) is 0. The van der Waals surface area contributed by atoms with Crippen molar-refractivity contribution in [2.75, 3.05) is 12.3 Å². The molecule has 0 aliphatic carbocycles. The van der Waals surface area contributed by atoms with Gasteiger partial charge in [-0.15, -0.1) is 11.8 Å². The van der Waals surface area contributed by atoms with Gasteiger partial charge in [0, 0.05) is 18.5 Å². The van der Waals surface area contributed by atoms with E-state index in [1.807, 2.05) is 31.8 Å². The molecule has 1 aromatic rings. The Morgan fingerprint density at radius 3 is 2.41 bits per heavy atom. The lowest BCUT2D eigenvalue weighted by Gasteiger charge is -1.99. The fourth-order valence-electron chi connectivity index (χ4n) is 1.56. The second-order valence-corrected chi connectivity index (χ2v) is 5.04. The normalized spacial score (nSPS) is 14.0. The fourth-order valence-corrected chi connectivity index (χ4v) is 2.37. The van der Waals surface area contributed by atoms with Crippen molar-refractivity contribution in [2.45, 2.75) is 40.5 Å². The highest BCUT2D eigenvalue weighted by Gasteiger charge is 2.01. The van der Waals surface area contributed by atoms with E-state index >= 15 is 0 Å². The van der Waals surface area contributed by atoms with Crippen molar-refractivity contribution in [1.29, 1.82) is 0 Å². The molecule has 0 N–H and O–H groups in total. The minimum atomic E-state index is 0.971. The monoisotopic (exact) mass is 251 g/mol. The predicted octanol–water partition coefficient (Wildman–Crippen LogP) is 3.20. The molecule has 0 fully saturated rings. The second-order valence-electron chi connectivity index (χ2n) is 3.87. The van der Waals surface area contributed by atoms with Gasteiger partial charge in [0.25, 0.3) is 0 Å². The Balaban J connectivity index is 0.000000181. The average molecular weight is 251 g/mol. The van der Waals surface area contributed by atoms with E-state index in [0.717, 1.165) is 36.5 Å². The van der Waals surface area contributed by atoms with Crippen LogP contribution < -0.4 is 0 Å². The van der Waals surface area contributed by atoms with Crippen LogP contribution in [0.25, 0.3) is 0 Å². The summed E-state index contributed by atoms with van der Waals surface area (Å²) in [5.74, 6) is 1.21. The lowest BCUT2D eigenvalue weighted by atomic mass is 10.2. The van der Waals surface area contributed by atoms with Crippen molar-refractivity contribution < 1.29 is 0 Å². The van der Waals surface area contributed by atoms with Crippen LogP contribution in [0.4, 0.5) is 0 Å². The molecule has 2 heterocycles. The van der Waals surface area contributed by atoms with Crippen molar-refractivity contribution in [3.63, 3.8) is 0 Å². The molecule has 1 aromatic heterocycles. The maximum Gasteiger partial charge on any atom is 0.0674 e. The van der Waals surface area contributed by atoms with E-state index in [2.05, 4.69) is 28.8 Å². The van der Waals surface area contributed by atoms with Gasteiger partial charge in [-0.2, -0.15) is 0 Å². The quantitative estimate of drug-likeness (QED) is 0.810. The summed E-state index contributed by atoms with van der Waals surface area (Å²) < 4.78 is 0. The summed E-state index contributed by atoms with van der Waals surface area (Å²) in [5, 5.41) is 1.33.